The molecule has 0 aromatic rings. The standard InChI is InChI=1S/C18H34O3.C4H11NO2/c1-2-3-4-11-14-17(19)15-12-9-7-5-6-8-10-13-16-18(20)21;6-3-1-5-2-4-7/h9,12,17,19H,2-8,10-11,13-16H2,1H3,(H,20,21);5-7H,1-4H2/b12-9-;. The van der Waals surface area contributed by atoms with Gasteiger partial charge in [0.15, 0.2) is 0 Å². The predicted molar refractivity (Wildman–Crippen MR) is 116 cm³/mol. The summed E-state index contributed by atoms with van der Waals surface area (Å²) in [5.41, 5.74) is 0. The molecule has 0 radical (unpaired) electrons. The van der Waals surface area contributed by atoms with E-state index in [4.69, 9.17) is 15.3 Å². The Morgan fingerprint density at radius 3 is 2.11 bits per heavy atom. The summed E-state index contributed by atoms with van der Waals surface area (Å²) in [7, 11) is 0. The number of carbonyl (C=O) groups is 1. The van der Waals surface area contributed by atoms with Gasteiger partial charge < -0.3 is 25.7 Å². The third-order valence-corrected chi connectivity index (χ3v) is 4.30. The summed E-state index contributed by atoms with van der Waals surface area (Å²) in [4.78, 5) is 10.3. The van der Waals surface area contributed by atoms with E-state index in [1.165, 1.54) is 25.7 Å². The van der Waals surface area contributed by atoms with E-state index in [0.717, 1.165) is 51.4 Å². The second kappa shape index (κ2) is 26.1. The highest BCUT2D eigenvalue weighted by atomic mass is 16.4. The molecule has 0 heterocycles. The van der Waals surface area contributed by atoms with Crippen LogP contribution in [0.2, 0.25) is 0 Å². The van der Waals surface area contributed by atoms with Gasteiger partial charge in [-0.25, -0.2) is 0 Å². The van der Waals surface area contributed by atoms with Crippen LogP contribution in [0.4, 0.5) is 0 Å². The van der Waals surface area contributed by atoms with Crippen molar-refractivity contribution in [3.8, 4) is 0 Å². The van der Waals surface area contributed by atoms with Gasteiger partial charge in [-0.3, -0.25) is 4.79 Å². The Kier molecular flexibility index (Phi) is 27.2. The molecular formula is C22H45NO5. The number of unbranched alkanes of at least 4 members (excludes halogenated alkanes) is 8. The van der Waals surface area contributed by atoms with Gasteiger partial charge in [0.25, 0.3) is 0 Å². The lowest BCUT2D eigenvalue weighted by Crippen LogP contribution is -2.21. The van der Waals surface area contributed by atoms with Crippen LogP contribution in [0.25, 0.3) is 0 Å². The number of hydrogen-bond donors (Lipinski definition) is 5. The van der Waals surface area contributed by atoms with E-state index >= 15 is 0 Å². The number of aliphatic hydroxyl groups excluding tert-OH is 3. The summed E-state index contributed by atoms with van der Waals surface area (Å²) >= 11 is 0. The highest BCUT2D eigenvalue weighted by Crippen LogP contribution is 2.10. The molecule has 0 amide bonds. The summed E-state index contributed by atoms with van der Waals surface area (Å²) < 4.78 is 0. The van der Waals surface area contributed by atoms with Crippen LogP contribution in [0.3, 0.4) is 0 Å². The Bertz CT molecular complexity index is 333. The number of aliphatic hydroxyl groups is 3. The van der Waals surface area contributed by atoms with Gasteiger partial charge in [0.1, 0.15) is 0 Å². The Morgan fingerprint density at radius 2 is 1.50 bits per heavy atom. The molecule has 0 aromatic heterocycles. The average molecular weight is 404 g/mol. The number of hydrogen-bond acceptors (Lipinski definition) is 5. The smallest absolute Gasteiger partial charge is 0.303 e. The van der Waals surface area contributed by atoms with Crippen LogP contribution in [0.1, 0.15) is 90.4 Å². The number of rotatable bonds is 19. The highest BCUT2D eigenvalue weighted by Gasteiger charge is 2.00. The minimum absolute atomic E-state index is 0.139. The lowest BCUT2D eigenvalue weighted by atomic mass is 10.1. The molecule has 1 atom stereocenters. The maximum atomic E-state index is 10.3. The maximum absolute atomic E-state index is 10.3. The minimum Gasteiger partial charge on any atom is -0.481 e. The van der Waals surface area contributed by atoms with Gasteiger partial charge in [-0.2, -0.15) is 0 Å². The molecule has 1 unspecified atom stereocenters. The summed E-state index contributed by atoms with van der Waals surface area (Å²) in [6.07, 6.45) is 17.4. The zero-order valence-corrected chi connectivity index (χ0v) is 17.9. The van der Waals surface area contributed by atoms with Gasteiger partial charge in [-0.1, -0.05) is 64.0 Å². The van der Waals surface area contributed by atoms with Crippen molar-refractivity contribution >= 4 is 5.97 Å². The molecule has 0 saturated carbocycles. The summed E-state index contributed by atoms with van der Waals surface area (Å²) in [6, 6.07) is 0. The van der Waals surface area contributed by atoms with Gasteiger partial charge in [-0.05, 0) is 32.1 Å². The molecule has 0 saturated heterocycles. The SMILES string of the molecule is CCCCCCC(O)C/C=C\CCCCCCCC(=O)O.OCCNCCO. The second-order valence-corrected chi connectivity index (χ2v) is 7.11. The van der Waals surface area contributed by atoms with Gasteiger partial charge >= 0.3 is 5.97 Å². The highest BCUT2D eigenvalue weighted by molar-refractivity contribution is 5.66. The van der Waals surface area contributed by atoms with Crippen molar-refractivity contribution in [1.29, 1.82) is 0 Å². The van der Waals surface area contributed by atoms with E-state index < -0.39 is 5.97 Å². The molecular weight excluding hydrogens is 358 g/mol. The van der Waals surface area contributed by atoms with Crippen LogP contribution in [-0.2, 0) is 4.79 Å². The monoisotopic (exact) mass is 403 g/mol. The molecule has 0 aliphatic carbocycles. The van der Waals surface area contributed by atoms with E-state index in [1.807, 2.05) is 0 Å². The predicted octanol–water partition coefficient (Wildman–Crippen LogP) is 3.64. The largest absolute Gasteiger partial charge is 0.481 e. The number of carboxylic acid groups (broad SMARTS) is 1. The molecule has 0 rings (SSSR count). The van der Waals surface area contributed by atoms with Crippen LogP contribution in [-0.4, -0.2) is 58.8 Å². The van der Waals surface area contributed by atoms with Crippen LogP contribution < -0.4 is 5.32 Å². The first-order valence-corrected chi connectivity index (χ1v) is 11.1. The fraction of sp³-hybridized carbons (Fsp3) is 0.864. The topological polar surface area (TPSA) is 110 Å². The zero-order valence-electron chi connectivity index (χ0n) is 17.9. The molecule has 0 spiro atoms. The fourth-order valence-electron chi connectivity index (χ4n) is 2.65. The molecule has 0 aliphatic rings. The molecule has 0 fully saturated rings. The van der Waals surface area contributed by atoms with E-state index in [-0.39, 0.29) is 19.3 Å². The lowest BCUT2D eigenvalue weighted by Gasteiger charge is -2.07. The van der Waals surface area contributed by atoms with Crippen molar-refractivity contribution in [3.05, 3.63) is 12.2 Å². The average Bonchev–Trinajstić information content (AvgIpc) is 2.67. The molecule has 6 nitrogen and oxygen atoms in total. The number of allylic oxidation sites excluding steroid dienone is 1. The lowest BCUT2D eigenvalue weighted by molar-refractivity contribution is -0.137. The summed E-state index contributed by atoms with van der Waals surface area (Å²) in [5, 5.41) is 37.4. The Hall–Kier alpha value is -0.950. The van der Waals surface area contributed by atoms with Crippen LogP contribution in [0.5, 0.6) is 0 Å². The Balaban J connectivity index is 0. The quantitative estimate of drug-likeness (QED) is 0.166. The number of aliphatic carboxylic acids is 1. The van der Waals surface area contributed by atoms with Crippen molar-refractivity contribution in [2.24, 2.45) is 0 Å². The second-order valence-electron chi connectivity index (χ2n) is 7.11. The van der Waals surface area contributed by atoms with Crippen LogP contribution in [0.15, 0.2) is 12.2 Å². The molecule has 5 N–H and O–H groups in total. The maximum Gasteiger partial charge on any atom is 0.303 e. The Labute approximate surface area is 172 Å². The molecule has 0 bridgehead atoms. The van der Waals surface area contributed by atoms with E-state index in [9.17, 15) is 9.90 Å². The Morgan fingerprint density at radius 1 is 0.893 bits per heavy atom. The molecule has 6 heteroatoms. The molecule has 0 aromatic carbocycles. The minimum atomic E-state index is -0.689. The molecule has 168 valence electrons. The van der Waals surface area contributed by atoms with Gasteiger partial charge in [0.05, 0.1) is 19.3 Å². The summed E-state index contributed by atoms with van der Waals surface area (Å²) in [6.45, 7) is 3.62. The first kappa shape index (κ1) is 29.3. The normalized spacial score (nSPS) is 12.0. The van der Waals surface area contributed by atoms with Crippen molar-refractivity contribution in [3.63, 3.8) is 0 Å². The molecule has 0 aliphatic heterocycles. The van der Waals surface area contributed by atoms with Crippen molar-refractivity contribution in [1.82, 2.24) is 5.32 Å². The first-order valence-electron chi connectivity index (χ1n) is 11.1. The third kappa shape index (κ3) is 29.8. The fourth-order valence-corrected chi connectivity index (χ4v) is 2.65. The van der Waals surface area contributed by atoms with Crippen LogP contribution in [0, 0.1) is 0 Å². The van der Waals surface area contributed by atoms with Gasteiger partial charge in [0.2, 0.25) is 0 Å². The third-order valence-electron chi connectivity index (χ3n) is 4.30. The van der Waals surface area contributed by atoms with E-state index in [2.05, 4.69) is 24.4 Å². The zero-order chi connectivity index (χ0) is 21.3. The van der Waals surface area contributed by atoms with Crippen LogP contribution >= 0.6 is 0 Å². The summed E-state index contributed by atoms with van der Waals surface area (Å²) in [5.74, 6) is -0.689. The number of carboxylic acids is 1. The number of nitrogens with one attached hydrogen (secondary N) is 1. The van der Waals surface area contributed by atoms with Crippen molar-refractivity contribution in [2.75, 3.05) is 26.3 Å². The van der Waals surface area contributed by atoms with Crippen molar-refractivity contribution in [2.45, 2.75) is 96.5 Å². The van der Waals surface area contributed by atoms with Gasteiger partial charge in [0, 0.05) is 19.5 Å². The van der Waals surface area contributed by atoms with Gasteiger partial charge in [-0.15, -0.1) is 0 Å². The first-order chi connectivity index (χ1) is 13.6. The van der Waals surface area contributed by atoms with E-state index in [0.29, 0.717) is 19.5 Å². The van der Waals surface area contributed by atoms with E-state index in [1.54, 1.807) is 0 Å². The van der Waals surface area contributed by atoms with Crippen molar-refractivity contribution < 1.29 is 25.2 Å². The molecule has 28 heavy (non-hydrogen) atoms.